The summed E-state index contributed by atoms with van der Waals surface area (Å²) in [6, 6.07) is 12.8. The van der Waals surface area contributed by atoms with Crippen molar-refractivity contribution in [2.45, 2.75) is 0 Å². The molecule has 2 aromatic carbocycles. The van der Waals surface area contributed by atoms with Crippen LogP contribution >= 0.6 is 12.4 Å². The van der Waals surface area contributed by atoms with E-state index in [2.05, 4.69) is 0 Å². The van der Waals surface area contributed by atoms with E-state index in [1.807, 2.05) is 42.5 Å². The third-order valence-electron chi connectivity index (χ3n) is 3.12. The van der Waals surface area contributed by atoms with Crippen molar-refractivity contribution in [1.82, 2.24) is 0 Å². The molecule has 0 aliphatic heterocycles. The molecule has 5 nitrogen and oxygen atoms in total. The lowest BCUT2D eigenvalue weighted by atomic mass is 10.1. The largest absolute Gasteiger partial charge is 0.497 e. The number of halogens is 1. The number of ether oxygens (including phenoxy) is 3. The van der Waals surface area contributed by atoms with Gasteiger partial charge in [-0.3, -0.25) is 4.79 Å². The van der Waals surface area contributed by atoms with Crippen molar-refractivity contribution < 1.29 is 19.0 Å². The summed E-state index contributed by atoms with van der Waals surface area (Å²) in [7, 11) is 3.23. The number of carbonyl (C=O) groups is 1. The van der Waals surface area contributed by atoms with Crippen molar-refractivity contribution in [3.05, 3.63) is 53.6 Å². The molecule has 0 atom stereocenters. The first-order chi connectivity index (χ1) is 11.1. The molecule has 6 heteroatoms. The summed E-state index contributed by atoms with van der Waals surface area (Å²) in [5.41, 5.74) is 7.13. The second-order valence-electron chi connectivity index (χ2n) is 4.73. The molecule has 0 fully saturated rings. The molecule has 0 bridgehead atoms. The van der Waals surface area contributed by atoms with E-state index in [9.17, 15) is 4.79 Å². The quantitative estimate of drug-likeness (QED) is 0.493. The maximum Gasteiger partial charge on any atom is 0.325 e. The molecule has 0 aliphatic rings. The maximum absolute atomic E-state index is 11.1. The first-order valence-corrected chi connectivity index (χ1v) is 7.06. The average Bonchev–Trinajstić information content (AvgIpc) is 2.60. The SMILES string of the molecule is COc1cc(/C=C/c2ccc(OC(=O)CN)cc2)cc(OC)c1.Cl. The highest BCUT2D eigenvalue weighted by molar-refractivity contribution is 5.85. The smallest absolute Gasteiger partial charge is 0.325 e. The van der Waals surface area contributed by atoms with E-state index >= 15 is 0 Å². The van der Waals surface area contributed by atoms with E-state index in [4.69, 9.17) is 19.9 Å². The molecule has 24 heavy (non-hydrogen) atoms. The summed E-state index contributed by atoms with van der Waals surface area (Å²) < 4.78 is 15.5. The van der Waals surface area contributed by atoms with Crippen molar-refractivity contribution in [3.8, 4) is 17.2 Å². The topological polar surface area (TPSA) is 70.8 Å². The van der Waals surface area contributed by atoms with Gasteiger partial charge in [0.15, 0.2) is 0 Å². The minimum Gasteiger partial charge on any atom is -0.497 e. The number of benzene rings is 2. The van der Waals surface area contributed by atoms with Crippen molar-refractivity contribution in [1.29, 1.82) is 0 Å². The number of carbonyl (C=O) groups excluding carboxylic acids is 1. The Morgan fingerprint density at radius 1 is 0.917 bits per heavy atom. The zero-order valence-corrected chi connectivity index (χ0v) is 14.3. The Morgan fingerprint density at radius 2 is 1.46 bits per heavy atom. The predicted molar refractivity (Wildman–Crippen MR) is 96.9 cm³/mol. The van der Waals surface area contributed by atoms with Gasteiger partial charge in [0.05, 0.1) is 20.8 Å². The van der Waals surface area contributed by atoms with Gasteiger partial charge in [0.2, 0.25) is 0 Å². The van der Waals surface area contributed by atoms with Gasteiger partial charge in [0.1, 0.15) is 17.2 Å². The van der Waals surface area contributed by atoms with Gasteiger partial charge in [-0.05, 0) is 35.4 Å². The third kappa shape index (κ3) is 5.61. The van der Waals surface area contributed by atoms with Crippen LogP contribution in [-0.4, -0.2) is 26.7 Å². The van der Waals surface area contributed by atoms with Gasteiger partial charge < -0.3 is 19.9 Å². The van der Waals surface area contributed by atoms with Gasteiger partial charge in [-0.2, -0.15) is 0 Å². The first kappa shape index (κ1) is 19.5. The first-order valence-electron chi connectivity index (χ1n) is 7.06. The molecule has 2 N–H and O–H groups in total. The van der Waals surface area contributed by atoms with Crippen LogP contribution in [0.25, 0.3) is 12.2 Å². The highest BCUT2D eigenvalue weighted by atomic mass is 35.5. The Labute approximate surface area is 147 Å². The number of methoxy groups -OCH3 is 2. The van der Waals surface area contributed by atoms with Crippen LogP contribution in [0.4, 0.5) is 0 Å². The van der Waals surface area contributed by atoms with Gasteiger partial charge in [-0.25, -0.2) is 0 Å². The van der Waals surface area contributed by atoms with E-state index in [0.717, 1.165) is 22.6 Å². The summed E-state index contributed by atoms with van der Waals surface area (Å²) >= 11 is 0. The number of nitrogens with two attached hydrogens (primary N) is 1. The Morgan fingerprint density at radius 3 is 1.96 bits per heavy atom. The molecule has 0 amide bonds. The summed E-state index contributed by atoms with van der Waals surface area (Å²) in [6.45, 7) is -0.140. The van der Waals surface area contributed by atoms with Crippen LogP contribution in [-0.2, 0) is 4.79 Å². The second kappa shape index (κ2) is 9.60. The van der Waals surface area contributed by atoms with Crippen LogP contribution in [0, 0.1) is 0 Å². The lowest BCUT2D eigenvalue weighted by molar-refractivity contribution is -0.132. The minimum absolute atomic E-state index is 0. The number of rotatable bonds is 6. The summed E-state index contributed by atoms with van der Waals surface area (Å²) in [5.74, 6) is 1.47. The molecule has 0 heterocycles. The van der Waals surface area contributed by atoms with Crippen molar-refractivity contribution in [3.63, 3.8) is 0 Å². The van der Waals surface area contributed by atoms with Crippen LogP contribution in [0.2, 0.25) is 0 Å². The fraction of sp³-hybridized carbons (Fsp3) is 0.167. The Hall–Kier alpha value is -2.50. The lowest BCUT2D eigenvalue weighted by Gasteiger charge is -2.06. The average molecular weight is 350 g/mol. The number of esters is 1. The fourth-order valence-electron chi connectivity index (χ4n) is 1.94. The van der Waals surface area contributed by atoms with Crippen LogP contribution < -0.4 is 19.9 Å². The number of hydrogen-bond donors (Lipinski definition) is 1. The number of hydrogen-bond acceptors (Lipinski definition) is 5. The Bertz CT molecular complexity index is 676. The van der Waals surface area contributed by atoms with E-state index < -0.39 is 5.97 Å². The van der Waals surface area contributed by atoms with Crippen molar-refractivity contribution >= 4 is 30.5 Å². The van der Waals surface area contributed by atoms with Gasteiger partial charge in [-0.15, -0.1) is 12.4 Å². The molecule has 0 aliphatic carbocycles. The molecule has 0 spiro atoms. The van der Waals surface area contributed by atoms with Crippen LogP contribution in [0.3, 0.4) is 0 Å². The minimum atomic E-state index is -0.461. The monoisotopic (exact) mass is 349 g/mol. The highest BCUT2D eigenvalue weighted by Crippen LogP contribution is 2.24. The fourth-order valence-corrected chi connectivity index (χ4v) is 1.94. The highest BCUT2D eigenvalue weighted by Gasteiger charge is 2.01. The normalized spacial score (nSPS) is 10.1. The molecule has 2 aromatic rings. The molecule has 0 saturated carbocycles. The Kier molecular flexibility index (Phi) is 7.82. The van der Waals surface area contributed by atoms with Gasteiger partial charge in [0.25, 0.3) is 0 Å². The summed E-state index contributed by atoms with van der Waals surface area (Å²) in [4.78, 5) is 11.1. The van der Waals surface area contributed by atoms with E-state index in [1.165, 1.54) is 0 Å². The van der Waals surface area contributed by atoms with Crippen molar-refractivity contribution in [2.75, 3.05) is 20.8 Å². The standard InChI is InChI=1S/C18H19NO4.ClH/c1-21-16-9-14(10-17(11-16)22-2)4-3-13-5-7-15(8-6-13)23-18(20)12-19;/h3-11H,12,19H2,1-2H3;1H/b4-3+;. The summed E-state index contributed by atoms with van der Waals surface area (Å²) in [6.07, 6.45) is 3.90. The lowest BCUT2D eigenvalue weighted by Crippen LogP contribution is -2.19. The third-order valence-corrected chi connectivity index (χ3v) is 3.12. The molecule has 0 aromatic heterocycles. The van der Waals surface area contributed by atoms with E-state index in [0.29, 0.717) is 5.75 Å². The van der Waals surface area contributed by atoms with Crippen molar-refractivity contribution in [2.24, 2.45) is 5.73 Å². The second-order valence-corrected chi connectivity index (χ2v) is 4.73. The molecule has 128 valence electrons. The van der Waals surface area contributed by atoms with E-state index in [1.54, 1.807) is 26.4 Å². The van der Waals surface area contributed by atoms with Gasteiger partial charge in [0, 0.05) is 6.07 Å². The molecule has 0 unspecified atom stereocenters. The van der Waals surface area contributed by atoms with Gasteiger partial charge >= 0.3 is 5.97 Å². The van der Waals surface area contributed by atoms with Crippen LogP contribution in [0.15, 0.2) is 42.5 Å². The molecular formula is C18H20ClNO4. The molecule has 0 saturated heterocycles. The summed E-state index contributed by atoms with van der Waals surface area (Å²) in [5, 5.41) is 0. The molecular weight excluding hydrogens is 330 g/mol. The predicted octanol–water partition coefficient (Wildman–Crippen LogP) is 3.16. The molecule has 0 radical (unpaired) electrons. The van der Waals surface area contributed by atoms with E-state index in [-0.39, 0.29) is 19.0 Å². The molecule has 2 rings (SSSR count). The zero-order chi connectivity index (χ0) is 16.7. The van der Waals surface area contributed by atoms with Gasteiger partial charge in [-0.1, -0.05) is 24.3 Å². The zero-order valence-electron chi connectivity index (χ0n) is 13.5. The van der Waals surface area contributed by atoms with Crippen LogP contribution in [0.5, 0.6) is 17.2 Å². The van der Waals surface area contributed by atoms with Crippen LogP contribution in [0.1, 0.15) is 11.1 Å². The maximum atomic E-state index is 11.1. The Balaban J connectivity index is 0.00000288.